The van der Waals surface area contributed by atoms with Gasteiger partial charge in [-0.3, -0.25) is 14.4 Å². The Hall–Kier alpha value is -4.19. The second-order valence-electron chi connectivity index (χ2n) is 11.7. The van der Waals surface area contributed by atoms with Crippen LogP contribution in [0.5, 0.6) is 5.75 Å². The highest BCUT2D eigenvalue weighted by Gasteiger charge is 2.71. The number of rotatable bonds is 4. The summed E-state index contributed by atoms with van der Waals surface area (Å²) < 4.78 is 5.32. The average molecular weight is 521 g/mol. The van der Waals surface area contributed by atoms with Crippen molar-refractivity contribution in [3.05, 3.63) is 95.6 Å². The maximum Gasteiger partial charge on any atom is 0.238 e. The average Bonchev–Trinajstić information content (AvgIpc) is 3.40. The lowest BCUT2D eigenvalue weighted by atomic mass is 9.63. The molecule has 3 aromatic carbocycles. The highest BCUT2D eigenvalue weighted by molar-refractivity contribution is 6.17. The number of ketones is 2. The Labute approximate surface area is 228 Å². The van der Waals surface area contributed by atoms with Crippen LogP contribution in [0.3, 0.4) is 0 Å². The molecule has 6 rings (SSSR count). The van der Waals surface area contributed by atoms with Crippen molar-refractivity contribution in [3.8, 4) is 5.75 Å². The van der Waals surface area contributed by atoms with Crippen LogP contribution in [0.1, 0.15) is 49.2 Å². The smallest absolute Gasteiger partial charge is 0.238 e. The number of nitrogens with zero attached hydrogens (tertiary/aromatic N) is 1. The molecule has 6 heteroatoms. The molecule has 3 heterocycles. The van der Waals surface area contributed by atoms with Crippen molar-refractivity contribution in [3.63, 3.8) is 0 Å². The summed E-state index contributed by atoms with van der Waals surface area (Å²) in [6.45, 7) is 7.67. The Morgan fingerprint density at radius 1 is 0.949 bits per heavy atom. The number of fused-ring (bicyclic) bond motifs is 6. The Kier molecular flexibility index (Phi) is 5.58. The number of Topliss-reactive ketones (excluding diaryl/α,β-unsaturated/α-hetero) is 2. The molecule has 1 N–H and O–H groups in total. The van der Waals surface area contributed by atoms with Crippen LogP contribution in [-0.2, 0) is 15.0 Å². The molecular formula is C33H32N2O4. The van der Waals surface area contributed by atoms with E-state index in [0.29, 0.717) is 17.0 Å². The van der Waals surface area contributed by atoms with E-state index >= 15 is 0 Å². The molecule has 3 aliphatic rings. The number of ether oxygens (including phenoxy) is 1. The molecular weight excluding hydrogens is 488 g/mol. The first-order chi connectivity index (χ1) is 18.6. The fourth-order valence-corrected chi connectivity index (χ4v) is 6.77. The van der Waals surface area contributed by atoms with Gasteiger partial charge in [0, 0.05) is 27.9 Å². The van der Waals surface area contributed by atoms with Gasteiger partial charge < -0.3 is 15.0 Å². The van der Waals surface area contributed by atoms with Crippen molar-refractivity contribution >= 4 is 34.4 Å². The van der Waals surface area contributed by atoms with Crippen LogP contribution >= 0.6 is 0 Å². The van der Waals surface area contributed by atoms with Crippen molar-refractivity contribution < 1.29 is 19.1 Å². The van der Waals surface area contributed by atoms with Gasteiger partial charge in [-0.2, -0.15) is 0 Å². The number of allylic oxidation sites excluding steroid dienone is 1. The quantitative estimate of drug-likeness (QED) is 0.449. The zero-order valence-corrected chi connectivity index (χ0v) is 22.8. The molecule has 0 radical (unpaired) electrons. The summed E-state index contributed by atoms with van der Waals surface area (Å²) in [5.74, 6) is -0.884. The molecule has 3 aromatic rings. The van der Waals surface area contributed by atoms with Gasteiger partial charge in [0.15, 0.2) is 11.6 Å². The number of amides is 1. The number of methoxy groups -OCH3 is 1. The van der Waals surface area contributed by atoms with Gasteiger partial charge in [-0.05, 0) is 54.5 Å². The summed E-state index contributed by atoms with van der Waals surface area (Å²) in [6, 6.07) is 21.0. The highest BCUT2D eigenvalue weighted by atomic mass is 16.5. The van der Waals surface area contributed by atoms with E-state index in [-0.39, 0.29) is 17.5 Å². The molecule has 198 valence electrons. The monoisotopic (exact) mass is 520 g/mol. The van der Waals surface area contributed by atoms with Crippen molar-refractivity contribution in [1.82, 2.24) is 0 Å². The minimum Gasteiger partial charge on any atom is -0.497 e. The first-order valence-corrected chi connectivity index (χ1v) is 13.3. The van der Waals surface area contributed by atoms with Gasteiger partial charge in [0.05, 0.1) is 19.1 Å². The zero-order chi connectivity index (χ0) is 27.7. The molecule has 1 saturated heterocycles. The molecule has 0 bridgehead atoms. The van der Waals surface area contributed by atoms with Gasteiger partial charge in [0.1, 0.15) is 17.2 Å². The van der Waals surface area contributed by atoms with Gasteiger partial charge in [0.2, 0.25) is 5.91 Å². The standard InChI is InChI=1S/C33H32N2O4/c1-19-18-26-33(23-11-7-8-12-24(23)34-31(33)38)27(29(36)20-14-16-21(39-5)17-15-20)28(30(37)32(2,3)4)35(26)25-13-9-6-10-22(19)25/h6-18,26-28H,1-5H3,(H,34,38)/t26-,27-,28+,33-/m0/s1. The van der Waals surface area contributed by atoms with E-state index in [9.17, 15) is 14.4 Å². The third kappa shape index (κ3) is 3.43. The van der Waals surface area contributed by atoms with Gasteiger partial charge in [-0.25, -0.2) is 0 Å². The fourth-order valence-electron chi connectivity index (χ4n) is 6.77. The Morgan fingerprint density at radius 2 is 1.62 bits per heavy atom. The summed E-state index contributed by atoms with van der Waals surface area (Å²) >= 11 is 0. The predicted molar refractivity (Wildman–Crippen MR) is 152 cm³/mol. The van der Waals surface area contributed by atoms with Gasteiger partial charge in [-0.15, -0.1) is 0 Å². The molecule has 0 aromatic heterocycles. The largest absolute Gasteiger partial charge is 0.497 e. The van der Waals surface area contributed by atoms with E-state index in [1.54, 1.807) is 31.4 Å². The van der Waals surface area contributed by atoms with Crippen molar-refractivity contribution in [1.29, 1.82) is 0 Å². The lowest BCUT2D eigenvalue weighted by Crippen LogP contribution is -2.51. The van der Waals surface area contributed by atoms with Crippen LogP contribution in [-0.4, -0.2) is 36.7 Å². The highest BCUT2D eigenvalue weighted by Crippen LogP contribution is 2.59. The van der Waals surface area contributed by atoms with Crippen molar-refractivity contribution in [2.45, 2.75) is 45.2 Å². The summed E-state index contributed by atoms with van der Waals surface area (Å²) in [7, 11) is 1.57. The van der Waals surface area contributed by atoms with E-state index in [1.165, 1.54) is 0 Å². The van der Waals surface area contributed by atoms with E-state index in [2.05, 4.69) is 16.3 Å². The Bertz CT molecular complexity index is 1550. The zero-order valence-electron chi connectivity index (χ0n) is 22.8. The number of anilines is 2. The summed E-state index contributed by atoms with van der Waals surface area (Å²) in [6.07, 6.45) is 2.08. The summed E-state index contributed by atoms with van der Waals surface area (Å²) in [5, 5.41) is 3.08. The maximum atomic E-state index is 14.7. The maximum absolute atomic E-state index is 14.7. The molecule has 0 unspecified atom stereocenters. The van der Waals surface area contributed by atoms with Crippen LogP contribution in [0.15, 0.2) is 78.9 Å². The number of carbonyl (C=O) groups excluding carboxylic acids is 3. The third-order valence-electron chi connectivity index (χ3n) is 8.55. The van der Waals surface area contributed by atoms with E-state index < -0.39 is 28.8 Å². The molecule has 1 amide bonds. The van der Waals surface area contributed by atoms with Crippen LogP contribution in [0, 0.1) is 11.3 Å². The molecule has 6 nitrogen and oxygen atoms in total. The molecule has 0 aliphatic carbocycles. The van der Waals surface area contributed by atoms with Crippen LogP contribution in [0.4, 0.5) is 11.4 Å². The minimum atomic E-state index is -1.30. The Morgan fingerprint density at radius 3 is 2.31 bits per heavy atom. The lowest BCUT2D eigenvalue weighted by molar-refractivity contribution is -0.128. The van der Waals surface area contributed by atoms with Crippen LogP contribution in [0.2, 0.25) is 0 Å². The van der Waals surface area contributed by atoms with E-state index in [1.807, 2.05) is 76.2 Å². The fraction of sp³-hybridized carbons (Fsp3) is 0.303. The second kappa shape index (κ2) is 8.67. The normalized spacial score (nSPS) is 24.9. The SMILES string of the molecule is COc1ccc(C(=O)[C@@H]2[C@H](C(=O)C(C)(C)C)N3c4ccccc4C(C)=C[C@H]3[C@]23C(=O)Nc2ccccc23)cc1. The van der Waals surface area contributed by atoms with Gasteiger partial charge in [-0.1, -0.05) is 63.2 Å². The topological polar surface area (TPSA) is 75.7 Å². The number of benzene rings is 3. The van der Waals surface area contributed by atoms with Gasteiger partial charge in [0.25, 0.3) is 0 Å². The Balaban J connectivity index is 1.68. The number of nitrogens with one attached hydrogen (secondary N) is 1. The van der Waals surface area contributed by atoms with Gasteiger partial charge >= 0.3 is 0 Å². The minimum absolute atomic E-state index is 0.0730. The second-order valence-corrected chi connectivity index (χ2v) is 11.7. The van der Waals surface area contributed by atoms with E-state index in [0.717, 1.165) is 22.4 Å². The number of hydrogen-bond donors (Lipinski definition) is 1. The molecule has 3 aliphatic heterocycles. The first kappa shape index (κ1) is 25.1. The number of carbonyl (C=O) groups is 3. The first-order valence-electron chi connectivity index (χ1n) is 13.3. The predicted octanol–water partition coefficient (Wildman–Crippen LogP) is 5.67. The summed E-state index contributed by atoms with van der Waals surface area (Å²) in [5.41, 5.74) is 2.72. The van der Waals surface area contributed by atoms with Crippen LogP contribution < -0.4 is 15.0 Å². The molecule has 1 spiro atoms. The summed E-state index contributed by atoms with van der Waals surface area (Å²) in [4.78, 5) is 45.6. The lowest BCUT2D eigenvalue weighted by Gasteiger charge is -2.39. The number of para-hydroxylation sites is 2. The molecule has 1 fully saturated rings. The van der Waals surface area contributed by atoms with Crippen LogP contribution in [0.25, 0.3) is 5.57 Å². The number of hydrogen-bond acceptors (Lipinski definition) is 5. The molecule has 39 heavy (non-hydrogen) atoms. The van der Waals surface area contributed by atoms with Crippen molar-refractivity contribution in [2.24, 2.45) is 11.3 Å². The molecule has 4 atom stereocenters. The molecule has 0 saturated carbocycles. The van der Waals surface area contributed by atoms with E-state index in [4.69, 9.17) is 4.74 Å². The third-order valence-corrected chi connectivity index (χ3v) is 8.55. The van der Waals surface area contributed by atoms with Crippen molar-refractivity contribution in [2.75, 3.05) is 17.3 Å².